The maximum Gasteiger partial charge on any atom is 0.327 e. The molecule has 0 spiro atoms. The van der Waals surface area contributed by atoms with Crippen LogP contribution in [0.1, 0.15) is 24.8 Å². The zero-order valence-corrected chi connectivity index (χ0v) is 20.3. The van der Waals surface area contributed by atoms with Gasteiger partial charge in [0.05, 0.1) is 6.04 Å². The van der Waals surface area contributed by atoms with Crippen LogP contribution in [0.4, 0.5) is 0 Å². The Kier molecular flexibility index (Phi) is 11.0. The average Bonchev–Trinajstić information content (AvgIpc) is 3.30. The number of hydrogen-bond acceptors (Lipinski definition) is 7. The maximum atomic E-state index is 13.3. The topological polar surface area (TPSA) is 142 Å². The summed E-state index contributed by atoms with van der Waals surface area (Å²) in [7, 11) is 0. The number of likely N-dealkylation sites (tertiary alicyclic amines) is 1. The Morgan fingerprint density at radius 2 is 1.91 bits per heavy atom. The van der Waals surface area contributed by atoms with Crippen LogP contribution >= 0.6 is 24.4 Å². The molecule has 4 atom stereocenters. The maximum absolute atomic E-state index is 13.3. The van der Waals surface area contributed by atoms with Crippen LogP contribution in [-0.4, -0.2) is 82.2 Å². The molecule has 1 aromatic carbocycles. The first kappa shape index (κ1) is 27.0. The van der Waals surface area contributed by atoms with E-state index in [1.54, 1.807) is 11.8 Å². The second-order valence-corrected chi connectivity index (χ2v) is 9.26. The summed E-state index contributed by atoms with van der Waals surface area (Å²) in [6.07, 6.45) is 3.67. The third-order valence-electron chi connectivity index (χ3n) is 5.50. The number of carboxylic acid groups (broad SMARTS) is 1. The van der Waals surface area contributed by atoms with Crippen LogP contribution in [0.15, 0.2) is 30.3 Å². The largest absolute Gasteiger partial charge is 0.480 e. The lowest BCUT2D eigenvalue weighted by molar-refractivity contribution is -0.144. The molecule has 0 aromatic heterocycles. The van der Waals surface area contributed by atoms with Gasteiger partial charge in [0, 0.05) is 12.3 Å². The van der Waals surface area contributed by atoms with E-state index in [-0.39, 0.29) is 11.7 Å². The minimum absolute atomic E-state index is 0.0621. The quantitative estimate of drug-likeness (QED) is 0.262. The molecular weight excluding hydrogens is 464 g/mol. The van der Waals surface area contributed by atoms with Crippen molar-refractivity contribution in [2.75, 3.05) is 24.3 Å². The van der Waals surface area contributed by atoms with Crippen molar-refractivity contribution in [2.24, 2.45) is 5.73 Å². The summed E-state index contributed by atoms with van der Waals surface area (Å²) >= 11 is 5.50. The molecule has 0 aliphatic carbocycles. The van der Waals surface area contributed by atoms with Gasteiger partial charge in [0.25, 0.3) is 0 Å². The van der Waals surface area contributed by atoms with Crippen LogP contribution in [0, 0.1) is 0 Å². The lowest BCUT2D eigenvalue weighted by Crippen LogP contribution is -2.57. The Balaban J connectivity index is 2.07. The first-order valence-electron chi connectivity index (χ1n) is 10.8. The number of carbonyl (C=O) groups is 4. The van der Waals surface area contributed by atoms with Crippen LogP contribution < -0.4 is 16.4 Å². The Morgan fingerprint density at radius 1 is 1.21 bits per heavy atom. The van der Waals surface area contributed by atoms with Gasteiger partial charge in [-0.15, -0.1) is 0 Å². The molecule has 1 aromatic rings. The molecule has 0 saturated carbocycles. The van der Waals surface area contributed by atoms with Crippen molar-refractivity contribution < 1.29 is 24.3 Å². The van der Waals surface area contributed by atoms with E-state index < -0.39 is 42.0 Å². The lowest BCUT2D eigenvalue weighted by Gasteiger charge is -2.30. The zero-order valence-electron chi connectivity index (χ0n) is 18.6. The second-order valence-electron chi connectivity index (χ2n) is 7.91. The van der Waals surface area contributed by atoms with Crippen molar-refractivity contribution in [3.63, 3.8) is 0 Å². The van der Waals surface area contributed by atoms with Crippen LogP contribution in [0.2, 0.25) is 0 Å². The fraction of sp³-hybridized carbons (Fsp3) is 0.545. The van der Waals surface area contributed by atoms with Gasteiger partial charge in [-0.3, -0.25) is 14.4 Å². The molecule has 1 aliphatic heterocycles. The molecule has 0 radical (unpaired) electrons. The number of carbonyl (C=O) groups excluding carboxylic acids is 3. The second kappa shape index (κ2) is 13.5. The first-order valence-corrected chi connectivity index (χ1v) is 12.8. The summed E-state index contributed by atoms with van der Waals surface area (Å²) < 4.78 is 0. The number of nitrogens with one attached hydrogen (secondary N) is 2. The van der Waals surface area contributed by atoms with Gasteiger partial charge in [0.15, 0.2) is 0 Å². The van der Waals surface area contributed by atoms with Crippen LogP contribution in [-0.2, 0) is 25.6 Å². The standard InChI is InChI=1S/C22H32N4O5S2/c1-33-11-9-16(24-19(27)15(23)12-14-6-3-2-4-7-14)21(29)26-10-5-8-18(26)20(28)25-17(13-32)22(30)31/h2-4,6-7,15-18,32H,5,8-13,23H2,1H3,(H,24,27)(H,25,28)(H,30,31). The van der Waals surface area contributed by atoms with Gasteiger partial charge in [-0.1, -0.05) is 30.3 Å². The molecule has 11 heteroatoms. The highest BCUT2D eigenvalue weighted by Crippen LogP contribution is 2.20. The molecule has 1 aliphatic rings. The number of amides is 3. The molecule has 3 amide bonds. The SMILES string of the molecule is CSCCC(NC(=O)C(N)Cc1ccccc1)C(=O)N1CCCC1C(=O)NC(CS)C(=O)O. The van der Waals surface area contributed by atoms with Gasteiger partial charge in [-0.25, -0.2) is 4.79 Å². The Labute approximate surface area is 203 Å². The highest BCUT2D eigenvalue weighted by Gasteiger charge is 2.38. The molecule has 33 heavy (non-hydrogen) atoms. The third-order valence-corrected chi connectivity index (χ3v) is 6.51. The minimum atomic E-state index is -1.19. The monoisotopic (exact) mass is 496 g/mol. The third kappa shape index (κ3) is 7.94. The van der Waals surface area contributed by atoms with E-state index in [1.807, 2.05) is 36.6 Å². The number of rotatable bonds is 12. The van der Waals surface area contributed by atoms with E-state index in [4.69, 9.17) is 5.73 Å². The summed E-state index contributed by atoms with van der Waals surface area (Å²) in [6.45, 7) is 0.358. The molecule has 1 saturated heterocycles. The zero-order chi connectivity index (χ0) is 24.4. The van der Waals surface area contributed by atoms with E-state index in [0.29, 0.717) is 38.0 Å². The highest BCUT2D eigenvalue weighted by atomic mass is 32.2. The minimum Gasteiger partial charge on any atom is -0.480 e. The predicted molar refractivity (Wildman–Crippen MR) is 131 cm³/mol. The normalized spacial score (nSPS) is 18.3. The first-order chi connectivity index (χ1) is 15.8. The number of hydrogen-bond donors (Lipinski definition) is 5. The van der Waals surface area contributed by atoms with Crippen LogP contribution in [0.25, 0.3) is 0 Å². The summed E-state index contributed by atoms with van der Waals surface area (Å²) in [4.78, 5) is 51.4. The molecular formula is C22H32N4O5S2. The predicted octanol–water partition coefficient (Wildman–Crippen LogP) is 0.285. The number of aliphatic carboxylic acids is 1. The number of nitrogens with zero attached hydrogens (tertiary/aromatic N) is 1. The van der Waals surface area contributed by atoms with Crippen molar-refractivity contribution >= 4 is 48.1 Å². The van der Waals surface area contributed by atoms with Gasteiger partial charge in [0.1, 0.15) is 18.1 Å². The van der Waals surface area contributed by atoms with E-state index in [9.17, 15) is 24.3 Å². The average molecular weight is 497 g/mol. The number of nitrogens with two attached hydrogens (primary N) is 1. The van der Waals surface area contributed by atoms with E-state index in [2.05, 4.69) is 23.3 Å². The molecule has 1 fully saturated rings. The van der Waals surface area contributed by atoms with Crippen molar-refractivity contribution in [1.82, 2.24) is 15.5 Å². The number of benzene rings is 1. The lowest BCUT2D eigenvalue weighted by atomic mass is 10.1. The van der Waals surface area contributed by atoms with Gasteiger partial charge < -0.3 is 26.4 Å². The van der Waals surface area contributed by atoms with E-state index in [0.717, 1.165) is 5.56 Å². The van der Waals surface area contributed by atoms with E-state index in [1.165, 1.54) is 4.90 Å². The van der Waals surface area contributed by atoms with Gasteiger partial charge in [-0.05, 0) is 43.3 Å². The van der Waals surface area contributed by atoms with Crippen LogP contribution in [0.5, 0.6) is 0 Å². The molecule has 0 bridgehead atoms. The summed E-state index contributed by atoms with van der Waals surface area (Å²) in [5.41, 5.74) is 7.00. The van der Waals surface area contributed by atoms with Crippen LogP contribution in [0.3, 0.4) is 0 Å². The molecule has 4 unspecified atom stereocenters. The smallest absolute Gasteiger partial charge is 0.327 e. The summed E-state index contributed by atoms with van der Waals surface area (Å²) in [6, 6.07) is 5.81. The van der Waals surface area contributed by atoms with E-state index >= 15 is 0 Å². The van der Waals surface area contributed by atoms with Crippen molar-refractivity contribution in [3.05, 3.63) is 35.9 Å². The van der Waals surface area contributed by atoms with Crippen molar-refractivity contribution in [1.29, 1.82) is 0 Å². The van der Waals surface area contributed by atoms with Gasteiger partial charge in [0.2, 0.25) is 17.7 Å². The Morgan fingerprint density at radius 3 is 2.52 bits per heavy atom. The molecule has 9 nitrogen and oxygen atoms in total. The van der Waals surface area contributed by atoms with Crippen molar-refractivity contribution in [3.8, 4) is 0 Å². The molecule has 182 valence electrons. The summed E-state index contributed by atoms with van der Waals surface area (Å²) in [5, 5.41) is 14.4. The van der Waals surface area contributed by atoms with Gasteiger partial charge >= 0.3 is 5.97 Å². The number of carboxylic acids is 1. The Bertz CT molecular complexity index is 826. The molecule has 5 N–H and O–H groups in total. The number of thioether (sulfide) groups is 1. The fourth-order valence-corrected chi connectivity index (χ4v) is 4.41. The highest BCUT2D eigenvalue weighted by molar-refractivity contribution is 7.98. The fourth-order valence-electron chi connectivity index (χ4n) is 3.69. The Hall–Kier alpha value is -2.24. The number of thiol groups is 1. The molecule has 1 heterocycles. The van der Waals surface area contributed by atoms with Crippen molar-refractivity contribution in [2.45, 2.75) is 49.9 Å². The summed E-state index contributed by atoms with van der Waals surface area (Å²) in [5.74, 6) is -1.94. The molecule has 2 rings (SSSR count). The van der Waals surface area contributed by atoms with Gasteiger partial charge in [-0.2, -0.15) is 24.4 Å².